The van der Waals surface area contributed by atoms with Crippen molar-refractivity contribution < 1.29 is 4.42 Å². The molecule has 0 unspecified atom stereocenters. The molecule has 0 atom stereocenters. The van der Waals surface area contributed by atoms with E-state index in [1.165, 1.54) is 72.5 Å². The van der Waals surface area contributed by atoms with Gasteiger partial charge >= 0.3 is 0 Å². The minimum Gasteiger partial charge on any atom is -0.436 e. The number of nitrogens with zero attached hydrogens (tertiary/aromatic N) is 3. The second-order valence-electron chi connectivity index (χ2n) is 25.6. The monoisotopic (exact) mass is 874 g/mol. The van der Waals surface area contributed by atoms with Crippen molar-refractivity contribution in [3.8, 4) is 11.5 Å². The van der Waals surface area contributed by atoms with Gasteiger partial charge < -0.3 is 14.2 Å². The Hall–Kier alpha value is -5.55. The van der Waals surface area contributed by atoms with Crippen molar-refractivity contribution in [2.45, 2.75) is 157 Å². The van der Waals surface area contributed by atoms with Gasteiger partial charge in [-0.2, -0.15) is 0 Å². The van der Waals surface area contributed by atoms with Crippen molar-refractivity contribution in [2.75, 3.05) is 9.80 Å². The van der Waals surface area contributed by atoms with E-state index in [1.54, 1.807) is 0 Å². The minimum atomic E-state index is -0.0679. The van der Waals surface area contributed by atoms with Gasteiger partial charge in [0, 0.05) is 45.8 Å². The van der Waals surface area contributed by atoms with Crippen LogP contribution < -0.4 is 26.2 Å². The fourth-order valence-corrected chi connectivity index (χ4v) is 9.83. The van der Waals surface area contributed by atoms with E-state index in [-0.39, 0.29) is 39.2 Å². The van der Waals surface area contributed by atoms with Crippen LogP contribution in [-0.2, 0) is 32.5 Å². The molecule has 66 heavy (non-hydrogen) atoms. The van der Waals surface area contributed by atoms with Crippen molar-refractivity contribution in [3.05, 3.63) is 143 Å². The van der Waals surface area contributed by atoms with Gasteiger partial charge in [0.25, 0.3) is 6.71 Å². The van der Waals surface area contributed by atoms with E-state index in [9.17, 15) is 0 Å². The Morgan fingerprint density at radius 1 is 0.394 bits per heavy atom. The van der Waals surface area contributed by atoms with Gasteiger partial charge in [-0.3, -0.25) is 0 Å². The fourth-order valence-electron chi connectivity index (χ4n) is 9.83. The van der Waals surface area contributed by atoms with Gasteiger partial charge in [0.15, 0.2) is 5.58 Å². The van der Waals surface area contributed by atoms with Crippen molar-refractivity contribution in [3.63, 3.8) is 0 Å². The quantitative estimate of drug-likeness (QED) is 0.166. The molecule has 0 bridgehead atoms. The average molecular weight is 874 g/mol. The zero-order valence-electron chi connectivity index (χ0n) is 43.2. The summed E-state index contributed by atoms with van der Waals surface area (Å²) in [6.45, 7) is 41.7. The third-order valence-corrected chi connectivity index (χ3v) is 14.2. The summed E-state index contributed by atoms with van der Waals surface area (Å²) in [6.07, 6.45) is 0. The molecule has 0 saturated heterocycles. The lowest BCUT2D eigenvalue weighted by Crippen LogP contribution is -2.61. The van der Waals surface area contributed by atoms with Gasteiger partial charge in [0.1, 0.15) is 5.52 Å². The number of aromatic nitrogens is 1. The van der Waals surface area contributed by atoms with E-state index in [4.69, 9.17) is 9.40 Å². The highest BCUT2D eigenvalue weighted by molar-refractivity contribution is 7.00. The SMILES string of the molecule is CC(C)(C)c1ccc(-c2nc3cc4c(cc3o2)N(c2cc(C(C)(C)C)cc(C(C)(C)C)c2)c2cccc3c2B4c2cc(C(C)(C)C)ccc2N3c2cc(C(C)(C)C)cc(C(C)(C)C)c2)cc1. The van der Waals surface area contributed by atoms with E-state index < -0.39 is 0 Å². The largest absolute Gasteiger partial charge is 0.436 e. The Kier molecular flexibility index (Phi) is 10.4. The first-order valence-electron chi connectivity index (χ1n) is 24.2. The number of hydrogen-bond donors (Lipinski definition) is 0. The first kappa shape index (κ1) is 45.6. The molecular weight excluding hydrogens is 802 g/mol. The van der Waals surface area contributed by atoms with E-state index in [2.05, 4.69) is 244 Å². The molecule has 0 fully saturated rings. The number of oxazole rings is 1. The summed E-state index contributed by atoms with van der Waals surface area (Å²) in [5.74, 6) is 0.640. The van der Waals surface area contributed by atoms with Crippen LogP contribution in [0.25, 0.3) is 22.6 Å². The molecule has 6 aromatic carbocycles. The predicted molar refractivity (Wildman–Crippen MR) is 286 cm³/mol. The second-order valence-corrected chi connectivity index (χ2v) is 25.6. The molecule has 0 amide bonds. The maximum atomic E-state index is 6.82. The molecule has 0 saturated carbocycles. The molecule has 0 spiro atoms. The highest BCUT2D eigenvalue weighted by atomic mass is 16.3. The maximum Gasteiger partial charge on any atom is 0.252 e. The van der Waals surface area contributed by atoms with Crippen molar-refractivity contribution >= 4 is 68.3 Å². The van der Waals surface area contributed by atoms with Crippen LogP contribution >= 0.6 is 0 Å². The maximum absolute atomic E-state index is 6.82. The smallest absolute Gasteiger partial charge is 0.252 e. The zero-order chi connectivity index (χ0) is 47.8. The lowest BCUT2D eigenvalue weighted by Gasteiger charge is -2.45. The third-order valence-electron chi connectivity index (χ3n) is 14.2. The van der Waals surface area contributed by atoms with Crippen molar-refractivity contribution in [1.29, 1.82) is 0 Å². The number of rotatable bonds is 3. The average Bonchev–Trinajstić information content (AvgIpc) is 3.63. The van der Waals surface area contributed by atoms with E-state index >= 15 is 0 Å². The number of fused-ring (bicyclic) bond motifs is 5. The first-order chi connectivity index (χ1) is 30.5. The Morgan fingerprint density at radius 2 is 0.818 bits per heavy atom. The topological polar surface area (TPSA) is 32.5 Å². The highest BCUT2D eigenvalue weighted by Crippen LogP contribution is 2.48. The molecule has 1 aromatic heterocycles. The van der Waals surface area contributed by atoms with Gasteiger partial charge in [-0.25, -0.2) is 4.98 Å². The third kappa shape index (κ3) is 7.98. The van der Waals surface area contributed by atoms with E-state index in [0.717, 1.165) is 28.0 Å². The summed E-state index contributed by atoms with van der Waals surface area (Å²) in [5.41, 5.74) is 21.2. The van der Waals surface area contributed by atoms with E-state index in [0.29, 0.717) is 5.89 Å². The molecule has 0 N–H and O–H groups in total. The lowest BCUT2D eigenvalue weighted by molar-refractivity contribution is 0.568. The summed E-state index contributed by atoms with van der Waals surface area (Å²) >= 11 is 0. The second kappa shape index (κ2) is 15.0. The fraction of sp³-hybridized carbons (Fsp3) is 0.393. The first-order valence-corrected chi connectivity index (χ1v) is 24.2. The molecule has 0 aliphatic carbocycles. The molecular formula is C61H72BN3O. The molecule has 340 valence electrons. The molecule has 9 rings (SSSR count). The summed E-state index contributed by atoms with van der Waals surface area (Å²) in [5, 5.41) is 0. The van der Waals surface area contributed by atoms with Gasteiger partial charge in [0.2, 0.25) is 5.89 Å². The molecule has 4 nitrogen and oxygen atoms in total. The van der Waals surface area contributed by atoms with E-state index in [1.807, 2.05) is 0 Å². The Balaban J connectivity index is 1.38. The summed E-state index contributed by atoms with van der Waals surface area (Å²) in [6, 6.07) is 42.2. The molecule has 5 heteroatoms. The van der Waals surface area contributed by atoms with Crippen LogP contribution in [0, 0.1) is 0 Å². The molecule has 0 radical (unpaired) electrons. The number of benzene rings is 6. The lowest BCUT2D eigenvalue weighted by atomic mass is 9.33. The van der Waals surface area contributed by atoms with Crippen LogP contribution in [0.5, 0.6) is 0 Å². The molecule has 2 aliphatic rings. The van der Waals surface area contributed by atoms with Crippen molar-refractivity contribution in [2.24, 2.45) is 0 Å². The van der Waals surface area contributed by atoms with Gasteiger partial charge in [-0.1, -0.05) is 167 Å². The summed E-state index contributed by atoms with van der Waals surface area (Å²) < 4.78 is 6.82. The van der Waals surface area contributed by atoms with Crippen LogP contribution in [0.4, 0.5) is 34.1 Å². The molecule has 2 aliphatic heterocycles. The van der Waals surface area contributed by atoms with Crippen LogP contribution in [0.3, 0.4) is 0 Å². The number of anilines is 6. The zero-order valence-corrected chi connectivity index (χ0v) is 43.2. The molecule has 7 aromatic rings. The Morgan fingerprint density at radius 3 is 1.27 bits per heavy atom. The van der Waals surface area contributed by atoms with Gasteiger partial charge in [-0.05, 0) is 143 Å². The Bertz CT molecular complexity index is 2970. The summed E-state index contributed by atoms with van der Waals surface area (Å²) in [7, 11) is 0. The summed E-state index contributed by atoms with van der Waals surface area (Å²) in [4.78, 5) is 10.4. The molecule has 3 heterocycles. The van der Waals surface area contributed by atoms with Gasteiger partial charge in [-0.15, -0.1) is 0 Å². The standard InChI is InChI=1S/C61H72BN3O/c1-56(2,3)38-24-22-37(23-25-38)55-63-48-35-47-52(36-53(48)66-55)65(45-32-42(60(13,14)15)29-43(33-45)61(16,17)18)51-21-19-20-50-54(51)62(47)46-34-39(57(4,5)6)26-27-49(46)64(50)44-30-40(58(7,8)9)28-41(31-44)59(10,11)12/h19-36H,1-18H3. The van der Waals surface area contributed by atoms with Crippen LogP contribution in [0.15, 0.2) is 114 Å². The Labute approximate surface area is 397 Å². The van der Waals surface area contributed by atoms with Crippen LogP contribution in [-0.4, -0.2) is 11.7 Å². The normalized spacial score (nSPS) is 14.4. The van der Waals surface area contributed by atoms with Crippen molar-refractivity contribution in [1.82, 2.24) is 4.98 Å². The minimum absolute atomic E-state index is 0.0433. The van der Waals surface area contributed by atoms with Gasteiger partial charge in [0.05, 0.1) is 0 Å². The van der Waals surface area contributed by atoms with Crippen LogP contribution in [0.1, 0.15) is 158 Å². The number of hydrogen-bond acceptors (Lipinski definition) is 4. The highest BCUT2D eigenvalue weighted by Gasteiger charge is 2.45. The predicted octanol–water partition coefficient (Wildman–Crippen LogP) is 15.4. The van der Waals surface area contributed by atoms with Crippen LogP contribution in [0.2, 0.25) is 0 Å².